The molecule has 0 amide bonds. The van der Waals surface area contributed by atoms with Gasteiger partial charge >= 0.3 is 0 Å². The largest absolute Gasteiger partial charge is 0.305 e. The van der Waals surface area contributed by atoms with Gasteiger partial charge in [-0.05, 0) is 44.9 Å². The summed E-state index contributed by atoms with van der Waals surface area (Å²) in [5, 5.41) is 3.53. The molecule has 2 rings (SSSR count). The molecule has 0 spiro atoms. The van der Waals surface area contributed by atoms with Crippen LogP contribution >= 0.6 is 11.3 Å². The van der Waals surface area contributed by atoms with Crippen molar-refractivity contribution in [2.24, 2.45) is 0 Å². The highest BCUT2D eigenvalue weighted by Gasteiger charge is 2.12. The van der Waals surface area contributed by atoms with Crippen molar-refractivity contribution < 1.29 is 0 Å². The van der Waals surface area contributed by atoms with Gasteiger partial charge in [0.15, 0.2) is 0 Å². The van der Waals surface area contributed by atoms with E-state index in [2.05, 4.69) is 42.1 Å². The van der Waals surface area contributed by atoms with Crippen LogP contribution in [0.5, 0.6) is 0 Å². The minimum absolute atomic E-state index is 0.306. The molecule has 2 aromatic heterocycles. The molecule has 0 saturated heterocycles. The van der Waals surface area contributed by atoms with E-state index in [-0.39, 0.29) is 0 Å². The third kappa shape index (κ3) is 2.94. The van der Waals surface area contributed by atoms with Crippen LogP contribution in [-0.4, -0.2) is 9.97 Å². The first-order chi connectivity index (χ1) is 8.58. The van der Waals surface area contributed by atoms with Gasteiger partial charge in [-0.2, -0.15) is 0 Å². The van der Waals surface area contributed by atoms with E-state index in [0.29, 0.717) is 6.04 Å². The Labute approximate surface area is 112 Å². The number of nitrogens with one attached hydrogen (secondary N) is 1. The van der Waals surface area contributed by atoms with E-state index in [4.69, 9.17) is 0 Å². The number of nitrogens with zero attached hydrogens (tertiary/aromatic N) is 2. The van der Waals surface area contributed by atoms with Crippen molar-refractivity contribution in [3.8, 4) is 0 Å². The van der Waals surface area contributed by atoms with E-state index in [9.17, 15) is 0 Å². The van der Waals surface area contributed by atoms with E-state index in [1.54, 1.807) is 11.3 Å². The van der Waals surface area contributed by atoms with Crippen LogP contribution in [0, 0.1) is 20.8 Å². The first-order valence-electron chi connectivity index (χ1n) is 6.13. The number of hydrogen-bond acceptors (Lipinski definition) is 4. The Morgan fingerprint density at radius 3 is 2.72 bits per heavy atom. The lowest BCUT2D eigenvalue weighted by Crippen LogP contribution is -2.20. The van der Waals surface area contributed by atoms with Gasteiger partial charge in [0.25, 0.3) is 0 Å². The van der Waals surface area contributed by atoms with Crippen LogP contribution in [0.25, 0.3) is 0 Å². The Balaban J connectivity index is 2.11. The summed E-state index contributed by atoms with van der Waals surface area (Å²) in [6.07, 6.45) is 1.91. The van der Waals surface area contributed by atoms with E-state index >= 15 is 0 Å². The zero-order valence-corrected chi connectivity index (χ0v) is 12.1. The standard InChI is InChI=1S/C14H19N3S/c1-9-5-10(2)17-12(4)14(9)11(3)16-7-13-6-15-8-18-13/h5-6,8,11,16H,7H2,1-4H3. The number of aromatic nitrogens is 2. The number of hydrogen-bond donors (Lipinski definition) is 1. The fourth-order valence-electron chi connectivity index (χ4n) is 2.37. The SMILES string of the molecule is Cc1cc(C)c(C(C)NCc2cncs2)c(C)n1. The van der Waals surface area contributed by atoms with Gasteiger partial charge in [-0.25, -0.2) is 0 Å². The summed E-state index contributed by atoms with van der Waals surface area (Å²) in [4.78, 5) is 9.90. The van der Waals surface area contributed by atoms with E-state index < -0.39 is 0 Å². The van der Waals surface area contributed by atoms with Crippen LogP contribution in [0.2, 0.25) is 0 Å². The molecule has 1 atom stereocenters. The van der Waals surface area contributed by atoms with Crippen molar-refractivity contribution in [1.82, 2.24) is 15.3 Å². The van der Waals surface area contributed by atoms with Crippen molar-refractivity contribution in [2.75, 3.05) is 0 Å². The van der Waals surface area contributed by atoms with Gasteiger partial charge < -0.3 is 5.32 Å². The summed E-state index contributed by atoms with van der Waals surface area (Å²) in [5.74, 6) is 0. The maximum absolute atomic E-state index is 4.55. The molecule has 18 heavy (non-hydrogen) atoms. The molecule has 2 aromatic rings. The monoisotopic (exact) mass is 261 g/mol. The summed E-state index contributed by atoms with van der Waals surface area (Å²) in [5.41, 5.74) is 6.70. The van der Waals surface area contributed by atoms with Crippen LogP contribution in [-0.2, 0) is 6.54 Å². The second-order valence-electron chi connectivity index (χ2n) is 4.65. The predicted molar refractivity (Wildman–Crippen MR) is 75.8 cm³/mol. The Kier molecular flexibility index (Phi) is 4.09. The summed E-state index contributed by atoms with van der Waals surface area (Å²) < 4.78 is 0. The van der Waals surface area contributed by atoms with Crippen LogP contribution in [0.1, 0.15) is 40.4 Å². The van der Waals surface area contributed by atoms with Gasteiger partial charge in [0.2, 0.25) is 0 Å². The third-order valence-electron chi connectivity index (χ3n) is 3.08. The maximum atomic E-state index is 4.55. The Morgan fingerprint density at radius 2 is 2.11 bits per heavy atom. The predicted octanol–water partition coefficient (Wildman–Crippen LogP) is 3.31. The molecule has 1 N–H and O–H groups in total. The average molecular weight is 261 g/mol. The highest BCUT2D eigenvalue weighted by atomic mass is 32.1. The normalized spacial score (nSPS) is 12.7. The summed E-state index contributed by atoms with van der Waals surface area (Å²) in [6, 6.07) is 2.45. The van der Waals surface area contributed by atoms with Crippen molar-refractivity contribution in [3.05, 3.63) is 45.2 Å². The van der Waals surface area contributed by atoms with Crippen molar-refractivity contribution >= 4 is 11.3 Å². The molecule has 0 aliphatic rings. The first-order valence-corrected chi connectivity index (χ1v) is 7.01. The van der Waals surface area contributed by atoms with Gasteiger partial charge in [-0.15, -0.1) is 11.3 Å². The topological polar surface area (TPSA) is 37.8 Å². The summed E-state index contributed by atoms with van der Waals surface area (Å²) >= 11 is 1.68. The molecule has 0 aliphatic heterocycles. The van der Waals surface area contributed by atoms with Gasteiger partial charge in [0, 0.05) is 35.0 Å². The smallest absolute Gasteiger partial charge is 0.0794 e. The lowest BCUT2D eigenvalue weighted by molar-refractivity contribution is 0.570. The number of rotatable bonds is 4. The molecule has 0 bridgehead atoms. The summed E-state index contributed by atoms with van der Waals surface area (Å²) in [7, 11) is 0. The molecule has 0 saturated carbocycles. The van der Waals surface area contributed by atoms with Crippen LogP contribution < -0.4 is 5.32 Å². The highest BCUT2D eigenvalue weighted by molar-refractivity contribution is 7.09. The molecular formula is C14H19N3S. The first kappa shape index (κ1) is 13.2. The third-order valence-corrected chi connectivity index (χ3v) is 3.86. The molecule has 96 valence electrons. The van der Waals surface area contributed by atoms with Crippen LogP contribution in [0.4, 0.5) is 0 Å². The minimum atomic E-state index is 0.306. The van der Waals surface area contributed by atoms with Crippen molar-refractivity contribution in [3.63, 3.8) is 0 Å². The number of thiazole rings is 1. The van der Waals surface area contributed by atoms with Gasteiger partial charge in [-0.1, -0.05) is 0 Å². The molecule has 3 nitrogen and oxygen atoms in total. The minimum Gasteiger partial charge on any atom is -0.305 e. The van der Waals surface area contributed by atoms with Crippen LogP contribution in [0.3, 0.4) is 0 Å². The molecule has 0 aromatic carbocycles. The van der Waals surface area contributed by atoms with E-state index in [0.717, 1.165) is 17.9 Å². The Hall–Kier alpha value is -1.26. The molecule has 2 heterocycles. The number of pyridine rings is 1. The molecule has 1 unspecified atom stereocenters. The Bertz CT molecular complexity index is 497. The van der Waals surface area contributed by atoms with Crippen molar-refractivity contribution in [2.45, 2.75) is 40.3 Å². The summed E-state index contributed by atoms with van der Waals surface area (Å²) in [6.45, 7) is 9.33. The fraction of sp³-hybridized carbons (Fsp3) is 0.429. The van der Waals surface area contributed by atoms with Gasteiger partial charge in [0.1, 0.15) is 0 Å². The van der Waals surface area contributed by atoms with Crippen molar-refractivity contribution in [1.29, 1.82) is 0 Å². The van der Waals surface area contributed by atoms with E-state index in [1.807, 2.05) is 18.6 Å². The average Bonchev–Trinajstić information content (AvgIpc) is 2.77. The maximum Gasteiger partial charge on any atom is 0.0794 e. The van der Waals surface area contributed by atoms with E-state index in [1.165, 1.54) is 16.0 Å². The zero-order valence-electron chi connectivity index (χ0n) is 11.3. The molecule has 0 radical (unpaired) electrons. The number of aryl methyl sites for hydroxylation is 3. The highest BCUT2D eigenvalue weighted by Crippen LogP contribution is 2.21. The molecular weight excluding hydrogens is 242 g/mol. The lowest BCUT2D eigenvalue weighted by atomic mass is 10.0. The Morgan fingerprint density at radius 1 is 1.33 bits per heavy atom. The van der Waals surface area contributed by atoms with Gasteiger partial charge in [0.05, 0.1) is 5.51 Å². The lowest BCUT2D eigenvalue weighted by Gasteiger charge is -2.18. The fourth-order valence-corrected chi connectivity index (χ4v) is 2.92. The molecule has 0 aliphatic carbocycles. The molecule has 0 fully saturated rings. The zero-order chi connectivity index (χ0) is 13.1. The molecule has 4 heteroatoms. The van der Waals surface area contributed by atoms with Crippen LogP contribution in [0.15, 0.2) is 17.8 Å². The second-order valence-corrected chi connectivity index (χ2v) is 5.62. The quantitative estimate of drug-likeness (QED) is 0.917. The second kappa shape index (κ2) is 5.59. The van der Waals surface area contributed by atoms with Gasteiger partial charge in [-0.3, -0.25) is 9.97 Å².